The molecule has 0 fully saturated rings. The van der Waals surface area contributed by atoms with Gasteiger partial charge in [-0.3, -0.25) is 4.79 Å². The molecular formula is C12H11ClFN3O. The molecule has 6 heteroatoms. The number of nitrogens with zero attached hydrogens (tertiary/aromatic N) is 1. The maximum Gasteiger partial charge on any atom is 0.253 e. The lowest BCUT2D eigenvalue weighted by Crippen LogP contribution is -2.27. The molecule has 0 spiro atoms. The highest BCUT2D eigenvalue weighted by Gasteiger charge is 2.17. The predicted octanol–water partition coefficient (Wildman–Crippen LogP) is 2.69. The molecule has 0 aliphatic carbocycles. The Labute approximate surface area is 108 Å². The Morgan fingerprint density at radius 2 is 2.33 bits per heavy atom. The molecule has 2 N–H and O–H groups in total. The number of imidazole rings is 1. The molecule has 1 atom stereocenters. The zero-order chi connectivity index (χ0) is 13.1. The summed E-state index contributed by atoms with van der Waals surface area (Å²) >= 11 is 5.74. The average Bonchev–Trinajstić information content (AvgIpc) is 2.86. The smallest absolute Gasteiger partial charge is 0.253 e. The Kier molecular flexibility index (Phi) is 3.62. The molecule has 0 bridgehead atoms. The number of nitrogens with one attached hydrogen (secondary N) is 2. The standard InChI is InChI=1S/C12H11ClFN3O/c1-7(11-15-5-6-16-11)17-12(18)8-3-2-4-9(14)10(8)13/h2-7H,1H3,(H,15,16)(H,17,18). The van der Waals surface area contributed by atoms with Crippen LogP contribution in [0, 0.1) is 5.82 Å². The van der Waals surface area contributed by atoms with E-state index in [2.05, 4.69) is 15.3 Å². The Balaban J connectivity index is 2.15. The van der Waals surface area contributed by atoms with Crippen molar-refractivity contribution in [2.45, 2.75) is 13.0 Å². The van der Waals surface area contributed by atoms with Gasteiger partial charge in [0.25, 0.3) is 5.91 Å². The van der Waals surface area contributed by atoms with Crippen LogP contribution in [0.5, 0.6) is 0 Å². The molecule has 2 rings (SSSR count). The fourth-order valence-corrected chi connectivity index (χ4v) is 1.75. The third-order valence-electron chi connectivity index (χ3n) is 2.47. The molecule has 0 aliphatic heterocycles. The van der Waals surface area contributed by atoms with Crippen molar-refractivity contribution in [3.8, 4) is 0 Å². The first-order valence-electron chi connectivity index (χ1n) is 5.33. The highest BCUT2D eigenvalue weighted by molar-refractivity contribution is 6.34. The first kappa shape index (κ1) is 12.6. The number of benzene rings is 1. The van der Waals surface area contributed by atoms with Gasteiger partial charge in [0.05, 0.1) is 16.6 Å². The van der Waals surface area contributed by atoms with Crippen molar-refractivity contribution in [3.63, 3.8) is 0 Å². The highest BCUT2D eigenvalue weighted by atomic mass is 35.5. The molecule has 0 aliphatic rings. The molecule has 18 heavy (non-hydrogen) atoms. The molecule has 4 nitrogen and oxygen atoms in total. The number of carbonyl (C=O) groups is 1. The Morgan fingerprint density at radius 1 is 1.56 bits per heavy atom. The number of carbonyl (C=O) groups excluding carboxylic acids is 1. The van der Waals surface area contributed by atoms with E-state index in [0.717, 1.165) is 0 Å². The van der Waals surface area contributed by atoms with Crippen molar-refractivity contribution < 1.29 is 9.18 Å². The van der Waals surface area contributed by atoms with Gasteiger partial charge in [-0.1, -0.05) is 17.7 Å². The number of hydrogen-bond acceptors (Lipinski definition) is 2. The quantitative estimate of drug-likeness (QED) is 0.898. The van der Waals surface area contributed by atoms with Gasteiger partial charge >= 0.3 is 0 Å². The summed E-state index contributed by atoms with van der Waals surface area (Å²) in [6.07, 6.45) is 3.25. The summed E-state index contributed by atoms with van der Waals surface area (Å²) in [6, 6.07) is 3.80. The number of hydrogen-bond donors (Lipinski definition) is 2. The van der Waals surface area contributed by atoms with Gasteiger partial charge in [-0.25, -0.2) is 9.37 Å². The van der Waals surface area contributed by atoms with Gasteiger partial charge in [0, 0.05) is 12.4 Å². The van der Waals surface area contributed by atoms with E-state index in [1.807, 2.05) is 0 Å². The number of rotatable bonds is 3. The highest BCUT2D eigenvalue weighted by Crippen LogP contribution is 2.20. The summed E-state index contributed by atoms with van der Waals surface area (Å²) < 4.78 is 13.2. The Hall–Kier alpha value is -1.88. The van der Waals surface area contributed by atoms with Gasteiger partial charge in [0.2, 0.25) is 0 Å². The fraction of sp³-hybridized carbons (Fsp3) is 0.167. The first-order valence-corrected chi connectivity index (χ1v) is 5.71. The van der Waals surface area contributed by atoms with Gasteiger partial charge in [0.15, 0.2) is 0 Å². The topological polar surface area (TPSA) is 57.8 Å². The summed E-state index contributed by atoms with van der Waals surface area (Å²) in [5.41, 5.74) is 0.107. The van der Waals surface area contributed by atoms with Crippen LogP contribution >= 0.6 is 11.6 Å². The molecular weight excluding hydrogens is 257 g/mol. The lowest BCUT2D eigenvalue weighted by atomic mass is 10.2. The van der Waals surface area contributed by atoms with Crippen LogP contribution in [0.15, 0.2) is 30.6 Å². The second-order valence-electron chi connectivity index (χ2n) is 3.77. The fourth-order valence-electron chi connectivity index (χ4n) is 1.54. The van der Waals surface area contributed by atoms with E-state index in [1.54, 1.807) is 19.3 Å². The van der Waals surface area contributed by atoms with Crippen LogP contribution in [-0.4, -0.2) is 15.9 Å². The average molecular weight is 268 g/mol. The Bertz CT molecular complexity index is 556. The van der Waals surface area contributed by atoms with Crippen LogP contribution in [0.25, 0.3) is 0 Å². The summed E-state index contributed by atoms with van der Waals surface area (Å²) in [5, 5.41) is 2.50. The molecule has 0 radical (unpaired) electrons. The third kappa shape index (κ3) is 2.51. The van der Waals surface area contributed by atoms with Crippen LogP contribution < -0.4 is 5.32 Å². The van der Waals surface area contributed by atoms with E-state index in [0.29, 0.717) is 5.82 Å². The SMILES string of the molecule is CC(NC(=O)c1cccc(F)c1Cl)c1ncc[nH]1. The Morgan fingerprint density at radius 3 is 3.00 bits per heavy atom. The summed E-state index contributed by atoms with van der Waals surface area (Å²) in [4.78, 5) is 18.8. The third-order valence-corrected chi connectivity index (χ3v) is 2.86. The molecule has 1 amide bonds. The number of halogens is 2. The van der Waals surface area contributed by atoms with Crippen molar-refractivity contribution in [1.82, 2.24) is 15.3 Å². The zero-order valence-corrected chi connectivity index (χ0v) is 10.3. The molecule has 94 valence electrons. The minimum Gasteiger partial charge on any atom is -0.347 e. The van der Waals surface area contributed by atoms with E-state index < -0.39 is 11.7 Å². The largest absolute Gasteiger partial charge is 0.347 e. The second-order valence-corrected chi connectivity index (χ2v) is 4.15. The maximum atomic E-state index is 13.2. The van der Waals surface area contributed by atoms with E-state index >= 15 is 0 Å². The number of amides is 1. The van der Waals surface area contributed by atoms with E-state index in [4.69, 9.17) is 11.6 Å². The van der Waals surface area contributed by atoms with E-state index in [1.165, 1.54) is 18.2 Å². The summed E-state index contributed by atoms with van der Waals surface area (Å²) in [7, 11) is 0. The van der Waals surface area contributed by atoms with Crippen LogP contribution in [0.2, 0.25) is 5.02 Å². The van der Waals surface area contributed by atoms with Crippen molar-refractivity contribution in [3.05, 3.63) is 52.8 Å². The normalized spacial score (nSPS) is 12.2. The van der Waals surface area contributed by atoms with Gasteiger partial charge in [-0.2, -0.15) is 0 Å². The van der Waals surface area contributed by atoms with E-state index in [-0.39, 0.29) is 16.6 Å². The van der Waals surface area contributed by atoms with Crippen molar-refractivity contribution in [2.75, 3.05) is 0 Å². The minimum atomic E-state index is -0.616. The lowest BCUT2D eigenvalue weighted by Gasteiger charge is -2.12. The number of aromatic nitrogens is 2. The van der Waals surface area contributed by atoms with Gasteiger partial charge < -0.3 is 10.3 Å². The van der Waals surface area contributed by atoms with Crippen LogP contribution in [-0.2, 0) is 0 Å². The van der Waals surface area contributed by atoms with Crippen molar-refractivity contribution in [2.24, 2.45) is 0 Å². The second kappa shape index (κ2) is 5.18. The summed E-state index contributed by atoms with van der Waals surface area (Å²) in [5.74, 6) is -0.436. The van der Waals surface area contributed by atoms with Gasteiger partial charge in [-0.05, 0) is 19.1 Å². The van der Waals surface area contributed by atoms with Crippen molar-refractivity contribution >= 4 is 17.5 Å². The molecule has 0 saturated carbocycles. The maximum absolute atomic E-state index is 13.2. The lowest BCUT2D eigenvalue weighted by molar-refractivity contribution is 0.0938. The minimum absolute atomic E-state index is 0.107. The summed E-state index contributed by atoms with van der Waals surface area (Å²) in [6.45, 7) is 1.77. The first-order chi connectivity index (χ1) is 8.59. The molecule has 1 unspecified atom stereocenters. The van der Waals surface area contributed by atoms with Crippen LogP contribution in [0.3, 0.4) is 0 Å². The van der Waals surface area contributed by atoms with Crippen LogP contribution in [0.4, 0.5) is 4.39 Å². The van der Waals surface area contributed by atoms with Crippen molar-refractivity contribution in [1.29, 1.82) is 0 Å². The van der Waals surface area contributed by atoms with E-state index in [9.17, 15) is 9.18 Å². The number of aromatic amines is 1. The van der Waals surface area contributed by atoms with Gasteiger partial charge in [0.1, 0.15) is 11.6 Å². The van der Waals surface area contributed by atoms with Crippen LogP contribution in [0.1, 0.15) is 29.1 Å². The monoisotopic (exact) mass is 267 g/mol. The predicted molar refractivity (Wildman–Crippen MR) is 65.9 cm³/mol. The molecule has 1 heterocycles. The number of H-pyrrole nitrogens is 1. The molecule has 2 aromatic rings. The molecule has 1 aromatic heterocycles. The zero-order valence-electron chi connectivity index (χ0n) is 9.58. The van der Waals surface area contributed by atoms with Gasteiger partial charge in [-0.15, -0.1) is 0 Å². The molecule has 0 saturated heterocycles. The molecule has 1 aromatic carbocycles.